The van der Waals surface area contributed by atoms with Crippen LogP contribution >= 0.6 is 11.6 Å². The normalized spacial score (nSPS) is 27.8. The molecular weight excluding hydrogens is 417 g/mol. The second-order valence-electron chi connectivity index (χ2n) is 8.64. The fourth-order valence-corrected chi connectivity index (χ4v) is 4.63. The number of rotatable bonds is 9. The molecule has 170 valence electrons. The molecule has 1 aromatic carbocycles. The van der Waals surface area contributed by atoms with E-state index in [1.54, 1.807) is 6.07 Å². The zero-order valence-electron chi connectivity index (χ0n) is 17.6. The van der Waals surface area contributed by atoms with Gasteiger partial charge >= 0.3 is 5.57 Å². The molecule has 7 heteroatoms. The summed E-state index contributed by atoms with van der Waals surface area (Å²) >= 11 is 4.72. The Morgan fingerprint density at radius 1 is 1.03 bits per heavy atom. The molecule has 1 heterocycles. The highest BCUT2D eigenvalue weighted by atomic mass is 35.5. The Hall–Kier alpha value is -0.980. The molecule has 0 aromatic heterocycles. The van der Waals surface area contributed by atoms with Crippen LogP contribution in [-0.4, -0.2) is 25.1 Å². The Bertz CT molecular complexity index is 652. The van der Waals surface area contributed by atoms with Gasteiger partial charge in [-0.25, -0.2) is 4.39 Å². The minimum Gasteiger partial charge on any atom is -0.417 e. The summed E-state index contributed by atoms with van der Waals surface area (Å²) in [5, 5.41) is 0. The Balaban J connectivity index is 1.38. The summed E-state index contributed by atoms with van der Waals surface area (Å²) in [5.74, 6) is 0.0524. The van der Waals surface area contributed by atoms with Gasteiger partial charge in [0.2, 0.25) is 0 Å². The van der Waals surface area contributed by atoms with Gasteiger partial charge in [0.15, 0.2) is 17.9 Å². The fraction of sp³-hybridized carbons (Fsp3) is 0.739. The summed E-state index contributed by atoms with van der Waals surface area (Å²) in [4.78, 5) is 0. The van der Waals surface area contributed by atoms with Crippen LogP contribution in [0.25, 0.3) is 0 Å². The van der Waals surface area contributed by atoms with Crippen molar-refractivity contribution in [2.75, 3.05) is 13.2 Å². The summed E-state index contributed by atoms with van der Waals surface area (Å²) in [5.41, 5.74) is -3.09. The van der Waals surface area contributed by atoms with Crippen LogP contribution in [0.5, 0.6) is 5.75 Å². The summed E-state index contributed by atoms with van der Waals surface area (Å²) < 4.78 is 55.5. The molecule has 0 spiro atoms. The molecule has 0 bridgehead atoms. The molecule has 1 aliphatic carbocycles. The van der Waals surface area contributed by atoms with Crippen molar-refractivity contribution in [3.8, 4) is 5.75 Å². The van der Waals surface area contributed by atoms with Crippen LogP contribution in [0.2, 0.25) is 0 Å². The molecule has 1 saturated carbocycles. The van der Waals surface area contributed by atoms with Gasteiger partial charge in [-0.2, -0.15) is 0 Å². The molecule has 2 aliphatic rings. The van der Waals surface area contributed by atoms with Crippen molar-refractivity contribution < 1.29 is 27.4 Å². The fourth-order valence-electron chi connectivity index (χ4n) is 4.54. The van der Waals surface area contributed by atoms with Crippen molar-refractivity contribution in [3.05, 3.63) is 29.6 Å². The van der Waals surface area contributed by atoms with Gasteiger partial charge in [0.05, 0.1) is 13.2 Å². The molecule has 2 fully saturated rings. The first-order valence-corrected chi connectivity index (χ1v) is 11.5. The number of alkyl halides is 3. The lowest BCUT2D eigenvalue weighted by molar-refractivity contribution is -0.205. The van der Waals surface area contributed by atoms with Crippen LogP contribution in [0.1, 0.15) is 76.2 Å². The van der Waals surface area contributed by atoms with Crippen molar-refractivity contribution in [3.63, 3.8) is 0 Å². The topological polar surface area (TPSA) is 27.7 Å². The Kier molecular flexibility index (Phi) is 8.72. The van der Waals surface area contributed by atoms with Gasteiger partial charge in [-0.15, -0.1) is 8.78 Å². The Morgan fingerprint density at radius 3 is 2.33 bits per heavy atom. The molecule has 0 amide bonds. The second-order valence-corrected chi connectivity index (χ2v) is 9.08. The quantitative estimate of drug-likeness (QED) is 0.373. The number of halogens is 4. The molecule has 30 heavy (non-hydrogen) atoms. The van der Waals surface area contributed by atoms with Gasteiger partial charge < -0.3 is 14.2 Å². The molecule has 1 aromatic rings. The Morgan fingerprint density at radius 2 is 1.73 bits per heavy atom. The highest BCUT2D eigenvalue weighted by Gasteiger charge is 2.30. The second kappa shape index (κ2) is 11.1. The third-order valence-corrected chi connectivity index (χ3v) is 6.39. The smallest absolute Gasteiger partial charge is 0.417 e. The third kappa shape index (κ3) is 7.31. The number of ether oxygens (including phenoxy) is 3. The lowest BCUT2D eigenvalue weighted by Crippen LogP contribution is -2.32. The van der Waals surface area contributed by atoms with Gasteiger partial charge in [-0.3, -0.25) is 0 Å². The van der Waals surface area contributed by atoms with E-state index >= 15 is 0 Å². The first kappa shape index (κ1) is 23.7. The average molecular weight is 449 g/mol. The van der Waals surface area contributed by atoms with Gasteiger partial charge in [0.25, 0.3) is 0 Å². The molecule has 0 N–H and O–H groups in total. The molecular formula is C23H32ClF3O3. The monoisotopic (exact) mass is 448 g/mol. The molecule has 0 radical (unpaired) electrons. The van der Waals surface area contributed by atoms with E-state index in [0.717, 1.165) is 57.3 Å². The van der Waals surface area contributed by atoms with Crippen molar-refractivity contribution in [1.82, 2.24) is 0 Å². The minimum absolute atomic E-state index is 0.0812. The molecule has 3 nitrogen and oxygen atoms in total. The highest BCUT2D eigenvalue weighted by Crippen LogP contribution is 2.39. The zero-order valence-corrected chi connectivity index (χ0v) is 18.3. The van der Waals surface area contributed by atoms with E-state index in [-0.39, 0.29) is 12.2 Å². The van der Waals surface area contributed by atoms with Crippen LogP contribution < -0.4 is 4.74 Å². The molecule has 1 aliphatic heterocycles. The lowest BCUT2D eigenvalue weighted by atomic mass is 9.77. The van der Waals surface area contributed by atoms with Crippen molar-refractivity contribution in [2.24, 2.45) is 11.8 Å². The zero-order chi connectivity index (χ0) is 21.6. The first-order chi connectivity index (χ1) is 14.3. The number of hydrogen-bond donors (Lipinski definition) is 0. The van der Waals surface area contributed by atoms with Crippen LogP contribution in [0, 0.1) is 17.7 Å². The number of benzene rings is 1. The van der Waals surface area contributed by atoms with Gasteiger partial charge in [0.1, 0.15) is 0 Å². The van der Waals surface area contributed by atoms with Gasteiger partial charge in [0, 0.05) is 17.5 Å². The lowest BCUT2D eigenvalue weighted by Gasteiger charge is -2.32. The van der Waals surface area contributed by atoms with Crippen LogP contribution in [-0.2, 0) is 9.47 Å². The summed E-state index contributed by atoms with van der Waals surface area (Å²) in [6.45, 7) is 3.81. The standard InChI is InChI=1S/C23H32ClF3O3/c1-2-3-4-17-14-28-22(29-15-17)12-7-16-5-8-18(9-6-16)19-10-11-21(20(25)13-19)30-23(24,26)27/h10-11,13,16-18,22H,2-9,12,14-15H2,1H3. The minimum atomic E-state index is -3.91. The Labute approximate surface area is 182 Å². The van der Waals surface area contributed by atoms with E-state index in [4.69, 9.17) is 21.1 Å². The maximum absolute atomic E-state index is 14.1. The van der Waals surface area contributed by atoms with Crippen LogP contribution in [0.15, 0.2) is 18.2 Å². The molecule has 3 rings (SSSR count). The number of unbranched alkanes of at least 4 members (excludes halogenated alkanes) is 1. The van der Waals surface area contributed by atoms with E-state index < -0.39 is 17.1 Å². The molecule has 1 saturated heterocycles. The molecule has 0 unspecified atom stereocenters. The van der Waals surface area contributed by atoms with Gasteiger partial charge in [-0.1, -0.05) is 25.8 Å². The maximum atomic E-state index is 14.1. The third-order valence-electron chi connectivity index (χ3n) is 6.31. The summed E-state index contributed by atoms with van der Waals surface area (Å²) in [7, 11) is 0. The first-order valence-electron chi connectivity index (χ1n) is 11.1. The van der Waals surface area contributed by atoms with E-state index in [2.05, 4.69) is 11.7 Å². The van der Waals surface area contributed by atoms with Crippen molar-refractivity contribution in [2.45, 2.75) is 82.5 Å². The van der Waals surface area contributed by atoms with E-state index in [9.17, 15) is 13.2 Å². The SMILES string of the molecule is CCCCC1COC(CCC2CCC(c3ccc(OC(F)(F)Cl)c(F)c3)CC2)OC1. The van der Waals surface area contributed by atoms with Crippen molar-refractivity contribution >= 4 is 11.6 Å². The van der Waals surface area contributed by atoms with E-state index in [1.807, 2.05) is 0 Å². The predicted octanol–water partition coefficient (Wildman–Crippen LogP) is 7.23. The summed E-state index contributed by atoms with van der Waals surface area (Å²) in [6.07, 6.45) is 9.57. The predicted molar refractivity (Wildman–Crippen MR) is 110 cm³/mol. The maximum Gasteiger partial charge on any atom is 0.487 e. The highest BCUT2D eigenvalue weighted by molar-refractivity contribution is 6.20. The van der Waals surface area contributed by atoms with E-state index in [1.165, 1.54) is 31.4 Å². The van der Waals surface area contributed by atoms with Crippen molar-refractivity contribution in [1.29, 1.82) is 0 Å². The summed E-state index contributed by atoms with van der Waals surface area (Å²) in [6, 6.07) is 4.19. The van der Waals surface area contributed by atoms with Crippen LogP contribution in [0.3, 0.4) is 0 Å². The van der Waals surface area contributed by atoms with E-state index in [0.29, 0.717) is 11.8 Å². The van der Waals surface area contributed by atoms with Crippen LogP contribution in [0.4, 0.5) is 13.2 Å². The molecule has 0 atom stereocenters. The largest absolute Gasteiger partial charge is 0.487 e. The average Bonchev–Trinajstić information content (AvgIpc) is 2.72. The van der Waals surface area contributed by atoms with Gasteiger partial charge in [-0.05, 0) is 74.5 Å². The number of hydrogen-bond acceptors (Lipinski definition) is 3.